The van der Waals surface area contributed by atoms with Crippen molar-refractivity contribution in [3.8, 4) is 0 Å². The molecular weight excluding hydrogens is 348 g/mol. The molecule has 2 N–H and O–H groups in total. The molecule has 2 heterocycles. The number of anilines is 1. The fraction of sp³-hybridized carbons (Fsp3) is 0.200. The van der Waals surface area contributed by atoms with Crippen molar-refractivity contribution in [2.45, 2.75) is 26.8 Å². The minimum Gasteiger partial charge on any atom is -0.467 e. The molecule has 0 aliphatic rings. The van der Waals surface area contributed by atoms with Crippen LogP contribution in [-0.4, -0.2) is 11.8 Å². The number of carbonyl (C=O) groups is 2. The van der Waals surface area contributed by atoms with Crippen molar-refractivity contribution in [2.24, 2.45) is 0 Å². The molecule has 3 aromatic rings. The van der Waals surface area contributed by atoms with Gasteiger partial charge in [-0.3, -0.25) is 9.59 Å². The number of rotatable bonds is 6. The lowest BCUT2D eigenvalue weighted by atomic mass is 10.1. The van der Waals surface area contributed by atoms with Crippen LogP contribution in [0.25, 0.3) is 0 Å². The SMILES string of the molecule is CCc1sc(C(=O)Nc2ccccc2C(=O)NCc2ccco2)cc1C. The van der Waals surface area contributed by atoms with E-state index in [1.54, 1.807) is 42.7 Å². The Balaban J connectivity index is 1.73. The molecule has 26 heavy (non-hydrogen) atoms. The van der Waals surface area contributed by atoms with Crippen LogP contribution >= 0.6 is 11.3 Å². The summed E-state index contributed by atoms with van der Waals surface area (Å²) in [4.78, 5) is 26.9. The zero-order chi connectivity index (χ0) is 18.5. The maximum atomic E-state index is 12.6. The van der Waals surface area contributed by atoms with Crippen molar-refractivity contribution < 1.29 is 14.0 Å². The van der Waals surface area contributed by atoms with Crippen LogP contribution in [0, 0.1) is 6.92 Å². The van der Waals surface area contributed by atoms with Crippen LogP contribution in [0.2, 0.25) is 0 Å². The normalized spacial score (nSPS) is 10.5. The van der Waals surface area contributed by atoms with Crippen LogP contribution in [0.15, 0.2) is 53.1 Å². The summed E-state index contributed by atoms with van der Waals surface area (Å²) in [7, 11) is 0. The Morgan fingerprint density at radius 3 is 2.62 bits per heavy atom. The third kappa shape index (κ3) is 4.03. The van der Waals surface area contributed by atoms with Gasteiger partial charge < -0.3 is 15.1 Å². The Morgan fingerprint density at radius 2 is 1.92 bits per heavy atom. The third-order valence-electron chi connectivity index (χ3n) is 3.99. The summed E-state index contributed by atoms with van der Waals surface area (Å²) in [5.74, 6) is 0.194. The van der Waals surface area contributed by atoms with Gasteiger partial charge in [-0.1, -0.05) is 19.1 Å². The molecule has 0 aliphatic heterocycles. The smallest absolute Gasteiger partial charge is 0.265 e. The van der Waals surface area contributed by atoms with Crippen LogP contribution in [-0.2, 0) is 13.0 Å². The number of amides is 2. The van der Waals surface area contributed by atoms with Gasteiger partial charge in [0.25, 0.3) is 11.8 Å². The molecule has 0 spiro atoms. The van der Waals surface area contributed by atoms with E-state index in [1.807, 2.05) is 13.0 Å². The molecule has 0 radical (unpaired) electrons. The van der Waals surface area contributed by atoms with E-state index in [0.717, 1.165) is 12.0 Å². The van der Waals surface area contributed by atoms with Gasteiger partial charge in [0.1, 0.15) is 5.76 Å². The van der Waals surface area contributed by atoms with Gasteiger partial charge in [-0.05, 0) is 49.2 Å². The van der Waals surface area contributed by atoms with Crippen molar-refractivity contribution in [3.63, 3.8) is 0 Å². The molecule has 2 aromatic heterocycles. The summed E-state index contributed by atoms with van der Waals surface area (Å²) >= 11 is 1.48. The number of hydrogen-bond donors (Lipinski definition) is 2. The average Bonchev–Trinajstić information content (AvgIpc) is 3.29. The molecule has 6 heteroatoms. The Labute approximate surface area is 156 Å². The monoisotopic (exact) mass is 368 g/mol. The fourth-order valence-corrected chi connectivity index (χ4v) is 3.64. The number of hydrogen-bond acceptors (Lipinski definition) is 4. The van der Waals surface area contributed by atoms with Crippen LogP contribution < -0.4 is 10.6 Å². The molecule has 0 saturated carbocycles. The maximum Gasteiger partial charge on any atom is 0.265 e. The van der Waals surface area contributed by atoms with Crippen molar-refractivity contribution in [1.82, 2.24) is 5.32 Å². The van der Waals surface area contributed by atoms with Gasteiger partial charge in [0.05, 0.1) is 28.9 Å². The maximum absolute atomic E-state index is 12.6. The van der Waals surface area contributed by atoms with Crippen LogP contribution in [0.5, 0.6) is 0 Å². The second-order valence-electron chi connectivity index (χ2n) is 5.83. The lowest BCUT2D eigenvalue weighted by molar-refractivity contribution is 0.0949. The standard InChI is InChI=1S/C20H20N2O3S/c1-3-17-13(2)11-18(26-17)20(24)22-16-9-5-4-8-15(16)19(23)21-12-14-7-6-10-25-14/h4-11H,3,12H2,1-2H3,(H,21,23)(H,22,24). The Bertz CT molecular complexity index is 913. The molecule has 134 valence electrons. The van der Waals surface area contributed by atoms with Gasteiger partial charge >= 0.3 is 0 Å². The molecule has 0 unspecified atom stereocenters. The summed E-state index contributed by atoms with van der Waals surface area (Å²) in [5.41, 5.74) is 2.02. The molecule has 1 aromatic carbocycles. The zero-order valence-corrected chi connectivity index (χ0v) is 15.5. The molecule has 5 nitrogen and oxygen atoms in total. The molecule has 2 amide bonds. The number of para-hydroxylation sites is 1. The van der Waals surface area contributed by atoms with E-state index in [2.05, 4.69) is 17.6 Å². The molecule has 3 rings (SSSR count). The predicted molar refractivity (Wildman–Crippen MR) is 103 cm³/mol. The Morgan fingerprint density at radius 1 is 1.12 bits per heavy atom. The quantitative estimate of drug-likeness (QED) is 0.678. The minimum atomic E-state index is -0.270. The lowest BCUT2D eigenvalue weighted by Crippen LogP contribution is -2.24. The summed E-state index contributed by atoms with van der Waals surface area (Å²) in [5, 5.41) is 5.65. The highest BCUT2D eigenvalue weighted by atomic mass is 32.1. The highest BCUT2D eigenvalue weighted by molar-refractivity contribution is 7.14. The second-order valence-corrected chi connectivity index (χ2v) is 6.97. The summed E-state index contributed by atoms with van der Waals surface area (Å²) in [6.45, 7) is 4.36. The molecule has 0 fully saturated rings. The van der Waals surface area contributed by atoms with E-state index >= 15 is 0 Å². The van der Waals surface area contributed by atoms with E-state index in [1.165, 1.54) is 16.2 Å². The molecule has 0 saturated heterocycles. The highest BCUT2D eigenvalue weighted by Gasteiger charge is 2.16. The first-order valence-corrected chi connectivity index (χ1v) is 9.20. The second kappa shape index (κ2) is 8.01. The van der Waals surface area contributed by atoms with Crippen molar-refractivity contribution in [2.75, 3.05) is 5.32 Å². The number of thiophene rings is 1. The van der Waals surface area contributed by atoms with E-state index < -0.39 is 0 Å². The van der Waals surface area contributed by atoms with Gasteiger partial charge in [0.2, 0.25) is 0 Å². The molecule has 0 atom stereocenters. The number of carbonyl (C=O) groups excluding carboxylic acids is 2. The van der Waals surface area contributed by atoms with Crippen LogP contribution in [0.1, 0.15) is 43.2 Å². The van der Waals surface area contributed by atoms with E-state index in [-0.39, 0.29) is 18.4 Å². The Kier molecular flexibility index (Phi) is 5.53. The van der Waals surface area contributed by atoms with Crippen LogP contribution in [0.4, 0.5) is 5.69 Å². The number of nitrogens with one attached hydrogen (secondary N) is 2. The molecule has 0 aliphatic carbocycles. The highest BCUT2D eigenvalue weighted by Crippen LogP contribution is 2.24. The third-order valence-corrected chi connectivity index (χ3v) is 5.37. The lowest BCUT2D eigenvalue weighted by Gasteiger charge is -2.10. The minimum absolute atomic E-state index is 0.205. The van der Waals surface area contributed by atoms with Gasteiger partial charge in [0.15, 0.2) is 0 Å². The first-order chi connectivity index (χ1) is 12.6. The average molecular weight is 368 g/mol. The van der Waals surface area contributed by atoms with Gasteiger partial charge in [-0.2, -0.15) is 0 Å². The summed E-state index contributed by atoms with van der Waals surface area (Å²) in [6.07, 6.45) is 2.46. The predicted octanol–water partition coefficient (Wildman–Crippen LogP) is 4.39. The summed E-state index contributed by atoms with van der Waals surface area (Å²) in [6, 6.07) is 12.4. The zero-order valence-electron chi connectivity index (χ0n) is 14.7. The number of aryl methyl sites for hydroxylation is 2. The Hall–Kier alpha value is -2.86. The van der Waals surface area contributed by atoms with E-state index in [0.29, 0.717) is 21.9 Å². The van der Waals surface area contributed by atoms with Crippen LogP contribution in [0.3, 0.4) is 0 Å². The van der Waals surface area contributed by atoms with Crippen molar-refractivity contribution >= 4 is 28.8 Å². The molecular formula is C20H20N2O3S. The van der Waals surface area contributed by atoms with E-state index in [9.17, 15) is 9.59 Å². The first-order valence-electron chi connectivity index (χ1n) is 8.38. The first kappa shape index (κ1) is 17.9. The van der Waals surface area contributed by atoms with Crippen molar-refractivity contribution in [3.05, 3.63) is 75.4 Å². The van der Waals surface area contributed by atoms with E-state index in [4.69, 9.17) is 4.42 Å². The molecule has 0 bridgehead atoms. The van der Waals surface area contributed by atoms with Gasteiger partial charge in [-0.15, -0.1) is 11.3 Å². The summed E-state index contributed by atoms with van der Waals surface area (Å²) < 4.78 is 5.21. The largest absolute Gasteiger partial charge is 0.467 e. The van der Waals surface area contributed by atoms with Gasteiger partial charge in [-0.25, -0.2) is 0 Å². The van der Waals surface area contributed by atoms with Crippen molar-refractivity contribution in [1.29, 1.82) is 0 Å². The fourth-order valence-electron chi connectivity index (χ4n) is 2.63. The topological polar surface area (TPSA) is 71.3 Å². The number of benzene rings is 1. The van der Waals surface area contributed by atoms with Gasteiger partial charge in [0, 0.05) is 4.88 Å². The number of furan rings is 1.